The SMILES string of the molecule is CCN(C(=O)NCCCC(C)C(=O)O)c1cccc(F)c1. The Morgan fingerprint density at radius 2 is 2.14 bits per heavy atom. The molecule has 0 aliphatic carbocycles. The monoisotopic (exact) mass is 296 g/mol. The number of halogens is 1. The maximum absolute atomic E-state index is 13.2. The van der Waals surface area contributed by atoms with Crippen LogP contribution in [0.1, 0.15) is 26.7 Å². The first-order valence-electron chi connectivity index (χ1n) is 6.99. The third-order valence-corrected chi connectivity index (χ3v) is 3.19. The summed E-state index contributed by atoms with van der Waals surface area (Å²) in [6.07, 6.45) is 1.08. The van der Waals surface area contributed by atoms with Crippen molar-refractivity contribution in [3.05, 3.63) is 30.1 Å². The van der Waals surface area contributed by atoms with Crippen molar-refractivity contribution in [3.63, 3.8) is 0 Å². The molecule has 0 aliphatic rings. The molecule has 1 aromatic carbocycles. The molecule has 6 heteroatoms. The number of nitrogens with one attached hydrogen (secondary N) is 1. The molecular weight excluding hydrogens is 275 g/mol. The number of rotatable bonds is 7. The van der Waals surface area contributed by atoms with E-state index in [1.54, 1.807) is 26.0 Å². The van der Waals surface area contributed by atoms with Gasteiger partial charge in [-0.3, -0.25) is 9.69 Å². The molecule has 0 bridgehead atoms. The van der Waals surface area contributed by atoms with Crippen LogP contribution in [0.3, 0.4) is 0 Å². The van der Waals surface area contributed by atoms with Crippen molar-refractivity contribution in [1.82, 2.24) is 5.32 Å². The summed E-state index contributed by atoms with van der Waals surface area (Å²) in [5.74, 6) is -1.65. The van der Waals surface area contributed by atoms with Gasteiger partial charge in [-0.25, -0.2) is 9.18 Å². The van der Waals surface area contributed by atoms with Crippen LogP contribution in [0, 0.1) is 11.7 Å². The number of hydrogen-bond acceptors (Lipinski definition) is 2. The highest BCUT2D eigenvalue weighted by atomic mass is 19.1. The van der Waals surface area contributed by atoms with Crippen LogP contribution in [-0.2, 0) is 4.79 Å². The zero-order valence-corrected chi connectivity index (χ0v) is 12.3. The standard InChI is InChI=1S/C15H21FN2O3/c1-3-18(13-8-4-7-12(16)10-13)15(21)17-9-5-6-11(2)14(19)20/h4,7-8,10-11H,3,5-6,9H2,1-2H3,(H,17,21)(H,19,20). The minimum atomic E-state index is -0.837. The summed E-state index contributed by atoms with van der Waals surface area (Å²) in [7, 11) is 0. The van der Waals surface area contributed by atoms with Crippen LogP contribution in [0.15, 0.2) is 24.3 Å². The average molecular weight is 296 g/mol. The van der Waals surface area contributed by atoms with E-state index < -0.39 is 17.7 Å². The minimum absolute atomic E-state index is 0.314. The van der Waals surface area contributed by atoms with Gasteiger partial charge in [0.05, 0.1) is 5.92 Å². The van der Waals surface area contributed by atoms with E-state index in [0.29, 0.717) is 31.6 Å². The van der Waals surface area contributed by atoms with E-state index in [1.807, 2.05) is 0 Å². The molecule has 21 heavy (non-hydrogen) atoms. The first kappa shape index (κ1) is 16.9. The van der Waals surface area contributed by atoms with Gasteiger partial charge in [0, 0.05) is 18.8 Å². The number of anilines is 1. The smallest absolute Gasteiger partial charge is 0.321 e. The Kier molecular flexibility index (Phi) is 6.65. The van der Waals surface area contributed by atoms with E-state index in [9.17, 15) is 14.0 Å². The van der Waals surface area contributed by atoms with Gasteiger partial charge in [0.25, 0.3) is 0 Å². The van der Waals surface area contributed by atoms with Crippen LogP contribution in [0.5, 0.6) is 0 Å². The Balaban J connectivity index is 2.47. The van der Waals surface area contributed by atoms with E-state index in [4.69, 9.17) is 5.11 Å². The molecule has 1 atom stereocenters. The van der Waals surface area contributed by atoms with Crippen LogP contribution in [0.2, 0.25) is 0 Å². The lowest BCUT2D eigenvalue weighted by molar-refractivity contribution is -0.141. The third kappa shape index (κ3) is 5.41. The minimum Gasteiger partial charge on any atom is -0.481 e. The third-order valence-electron chi connectivity index (χ3n) is 3.19. The summed E-state index contributed by atoms with van der Waals surface area (Å²) in [5.41, 5.74) is 0.494. The lowest BCUT2D eigenvalue weighted by Gasteiger charge is -2.21. The summed E-state index contributed by atoms with van der Waals surface area (Å²) in [4.78, 5) is 24.1. The second-order valence-corrected chi connectivity index (χ2v) is 4.84. The molecule has 5 nitrogen and oxygen atoms in total. The van der Waals surface area contributed by atoms with E-state index >= 15 is 0 Å². The van der Waals surface area contributed by atoms with E-state index in [0.717, 1.165) is 0 Å². The van der Waals surface area contributed by atoms with Crippen LogP contribution >= 0.6 is 0 Å². The fraction of sp³-hybridized carbons (Fsp3) is 0.467. The van der Waals surface area contributed by atoms with E-state index in [1.165, 1.54) is 17.0 Å². The molecule has 2 amide bonds. The number of hydrogen-bond donors (Lipinski definition) is 2. The Bertz CT molecular complexity index is 494. The highest BCUT2D eigenvalue weighted by Gasteiger charge is 2.14. The Morgan fingerprint density at radius 3 is 2.71 bits per heavy atom. The molecule has 0 spiro atoms. The van der Waals surface area contributed by atoms with Crippen molar-refractivity contribution in [1.29, 1.82) is 0 Å². The number of nitrogens with zero attached hydrogens (tertiary/aromatic N) is 1. The Morgan fingerprint density at radius 1 is 1.43 bits per heavy atom. The van der Waals surface area contributed by atoms with Gasteiger partial charge < -0.3 is 10.4 Å². The van der Waals surface area contributed by atoms with Crippen LogP contribution in [0.25, 0.3) is 0 Å². The molecule has 0 radical (unpaired) electrons. The molecule has 1 rings (SSSR count). The van der Waals surface area contributed by atoms with Crippen molar-refractivity contribution in [3.8, 4) is 0 Å². The molecule has 116 valence electrons. The topological polar surface area (TPSA) is 69.6 Å². The second kappa shape index (κ2) is 8.24. The van der Waals surface area contributed by atoms with Crippen molar-refractivity contribution >= 4 is 17.7 Å². The number of urea groups is 1. The van der Waals surface area contributed by atoms with Crippen molar-refractivity contribution in [2.75, 3.05) is 18.0 Å². The van der Waals surface area contributed by atoms with Gasteiger partial charge in [-0.05, 0) is 38.0 Å². The lowest BCUT2D eigenvalue weighted by Crippen LogP contribution is -2.40. The summed E-state index contributed by atoms with van der Waals surface area (Å²) >= 11 is 0. The molecule has 1 unspecified atom stereocenters. The van der Waals surface area contributed by atoms with Gasteiger partial charge in [-0.1, -0.05) is 13.0 Å². The Hall–Kier alpha value is -2.11. The first-order chi connectivity index (χ1) is 9.95. The van der Waals surface area contributed by atoms with Crippen LogP contribution in [-0.4, -0.2) is 30.2 Å². The van der Waals surface area contributed by atoms with Crippen molar-refractivity contribution in [2.24, 2.45) is 5.92 Å². The number of carbonyl (C=O) groups is 2. The maximum atomic E-state index is 13.2. The van der Waals surface area contributed by atoms with Gasteiger partial charge in [-0.15, -0.1) is 0 Å². The number of aliphatic carboxylic acids is 1. The molecule has 1 aromatic rings. The summed E-state index contributed by atoms with van der Waals surface area (Å²) < 4.78 is 13.2. The van der Waals surface area contributed by atoms with Crippen LogP contribution in [0.4, 0.5) is 14.9 Å². The normalized spacial score (nSPS) is 11.8. The molecule has 0 saturated heterocycles. The van der Waals surface area contributed by atoms with Crippen molar-refractivity contribution in [2.45, 2.75) is 26.7 Å². The molecule has 0 aliphatic heterocycles. The molecule has 0 saturated carbocycles. The summed E-state index contributed by atoms with van der Waals surface area (Å²) in [6.45, 7) is 4.25. The van der Waals surface area contributed by atoms with Gasteiger partial charge in [0.15, 0.2) is 0 Å². The first-order valence-corrected chi connectivity index (χ1v) is 6.99. The lowest BCUT2D eigenvalue weighted by atomic mass is 10.1. The molecule has 0 aromatic heterocycles. The number of amides is 2. The highest BCUT2D eigenvalue weighted by molar-refractivity contribution is 5.91. The maximum Gasteiger partial charge on any atom is 0.321 e. The van der Waals surface area contributed by atoms with Crippen molar-refractivity contribution < 1.29 is 19.1 Å². The number of carboxylic acid groups (broad SMARTS) is 1. The average Bonchev–Trinajstić information content (AvgIpc) is 2.44. The number of carbonyl (C=O) groups excluding carboxylic acids is 1. The Labute approximate surface area is 123 Å². The van der Waals surface area contributed by atoms with Crippen LogP contribution < -0.4 is 10.2 Å². The summed E-state index contributed by atoms with van der Waals surface area (Å²) in [5, 5.41) is 11.5. The zero-order chi connectivity index (χ0) is 15.8. The number of benzene rings is 1. The van der Waals surface area contributed by atoms with E-state index in [2.05, 4.69) is 5.32 Å². The zero-order valence-electron chi connectivity index (χ0n) is 12.3. The second-order valence-electron chi connectivity index (χ2n) is 4.84. The molecule has 2 N–H and O–H groups in total. The summed E-state index contributed by atoms with van der Waals surface area (Å²) in [6, 6.07) is 5.53. The van der Waals surface area contributed by atoms with Gasteiger partial charge in [0.1, 0.15) is 5.82 Å². The molecule has 0 heterocycles. The predicted molar refractivity (Wildman–Crippen MR) is 78.9 cm³/mol. The largest absolute Gasteiger partial charge is 0.481 e. The quantitative estimate of drug-likeness (QED) is 0.760. The molecule has 0 fully saturated rings. The van der Waals surface area contributed by atoms with E-state index in [-0.39, 0.29) is 6.03 Å². The predicted octanol–water partition coefficient (Wildman–Crippen LogP) is 2.86. The fourth-order valence-corrected chi connectivity index (χ4v) is 1.91. The van der Waals surface area contributed by atoms with Gasteiger partial charge in [-0.2, -0.15) is 0 Å². The fourth-order valence-electron chi connectivity index (χ4n) is 1.91. The van der Waals surface area contributed by atoms with Gasteiger partial charge in [0.2, 0.25) is 0 Å². The highest BCUT2D eigenvalue weighted by Crippen LogP contribution is 2.15. The number of carboxylic acids is 1. The molecular formula is C15H21FN2O3. The van der Waals surface area contributed by atoms with Gasteiger partial charge >= 0.3 is 12.0 Å².